The molecule has 0 radical (unpaired) electrons. The molecular formula is C20H22FN3O3S. The molecule has 0 unspecified atom stereocenters. The number of carbonyl (C=O) groups is 1. The van der Waals surface area contributed by atoms with Crippen LogP contribution in [0.4, 0.5) is 10.1 Å². The van der Waals surface area contributed by atoms with Crippen molar-refractivity contribution in [2.24, 2.45) is 0 Å². The second-order valence-corrected chi connectivity index (χ2v) is 6.93. The molecule has 3 aromatic rings. The first kappa shape index (κ1) is 20.2. The van der Waals surface area contributed by atoms with Crippen LogP contribution in [-0.2, 0) is 21.8 Å². The number of carbonyl (C=O) groups excluding carboxylic acids is 1. The Morgan fingerprint density at radius 2 is 2.07 bits per heavy atom. The minimum Gasteiger partial charge on any atom is -0.489 e. The third-order valence-corrected chi connectivity index (χ3v) is 4.62. The maximum atomic E-state index is 13.7. The fourth-order valence-electron chi connectivity index (χ4n) is 2.84. The summed E-state index contributed by atoms with van der Waals surface area (Å²) in [5, 5.41) is 2.75. The first-order valence-electron chi connectivity index (χ1n) is 8.76. The maximum Gasteiger partial charge on any atom is 0.244 e. The summed E-state index contributed by atoms with van der Waals surface area (Å²) in [5.41, 5.74) is 2.02. The summed E-state index contributed by atoms with van der Waals surface area (Å²) in [7, 11) is 1.57. The van der Waals surface area contributed by atoms with Crippen molar-refractivity contribution < 1.29 is 18.7 Å². The molecule has 0 atom stereocenters. The summed E-state index contributed by atoms with van der Waals surface area (Å²) in [6.45, 7) is 0.767. The number of rotatable bonds is 9. The van der Waals surface area contributed by atoms with E-state index < -0.39 is 5.82 Å². The third kappa shape index (κ3) is 4.82. The van der Waals surface area contributed by atoms with Crippen LogP contribution in [0.5, 0.6) is 5.75 Å². The predicted molar refractivity (Wildman–Crippen MR) is 109 cm³/mol. The highest BCUT2D eigenvalue weighted by Crippen LogP contribution is 2.26. The van der Waals surface area contributed by atoms with Crippen molar-refractivity contribution in [3.8, 4) is 5.75 Å². The van der Waals surface area contributed by atoms with Crippen LogP contribution in [0.2, 0.25) is 0 Å². The van der Waals surface area contributed by atoms with Crippen LogP contribution in [0.1, 0.15) is 5.82 Å². The number of aromatic nitrogens is 2. The molecule has 148 valence electrons. The van der Waals surface area contributed by atoms with Crippen molar-refractivity contribution in [3.63, 3.8) is 0 Å². The second-order valence-electron chi connectivity index (χ2n) is 6.07. The first-order valence-corrected chi connectivity index (χ1v) is 10.2. The van der Waals surface area contributed by atoms with E-state index in [-0.39, 0.29) is 18.1 Å². The summed E-state index contributed by atoms with van der Waals surface area (Å²) < 4.78 is 26.1. The van der Waals surface area contributed by atoms with Crippen molar-refractivity contribution in [2.45, 2.75) is 12.3 Å². The van der Waals surface area contributed by atoms with Crippen LogP contribution < -0.4 is 10.1 Å². The van der Waals surface area contributed by atoms with E-state index in [2.05, 4.69) is 10.3 Å². The monoisotopic (exact) mass is 403 g/mol. The van der Waals surface area contributed by atoms with E-state index in [0.29, 0.717) is 24.7 Å². The van der Waals surface area contributed by atoms with Crippen LogP contribution in [0.15, 0.2) is 42.5 Å². The van der Waals surface area contributed by atoms with E-state index >= 15 is 0 Å². The number of halogens is 1. The number of anilines is 1. The van der Waals surface area contributed by atoms with Gasteiger partial charge in [-0.3, -0.25) is 4.79 Å². The van der Waals surface area contributed by atoms with Gasteiger partial charge in [0, 0.05) is 13.2 Å². The van der Waals surface area contributed by atoms with Gasteiger partial charge >= 0.3 is 0 Å². The topological polar surface area (TPSA) is 65.4 Å². The molecule has 28 heavy (non-hydrogen) atoms. The highest BCUT2D eigenvalue weighted by molar-refractivity contribution is 7.97. The third-order valence-electron chi connectivity index (χ3n) is 4.07. The standard InChI is InChI=1S/C20H22FN3O3S/c1-26-9-10-27-18-8-7-14(21)11-16(18)23-20(25)12-24-17-6-4-3-5-15(17)22-19(24)13-28-2/h3-8,11H,9-10,12-13H2,1-2H3,(H,23,25). The van der Waals surface area contributed by atoms with Gasteiger partial charge in [0.15, 0.2) is 0 Å². The number of para-hydroxylation sites is 2. The van der Waals surface area contributed by atoms with E-state index in [0.717, 1.165) is 16.9 Å². The molecule has 8 heteroatoms. The number of hydrogen-bond donors (Lipinski definition) is 1. The highest BCUT2D eigenvalue weighted by atomic mass is 32.2. The van der Waals surface area contributed by atoms with Gasteiger partial charge in [0.2, 0.25) is 5.91 Å². The summed E-state index contributed by atoms with van der Waals surface area (Å²) in [4.78, 5) is 17.3. The lowest BCUT2D eigenvalue weighted by Crippen LogP contribution is -2.20. The lowest BCUT2D eigenvalue weighted by Gasteiger charge is -2.14. The number of imidazole rings is 1. The van der Waals surface area contributed by atoms with Gasteiger partial charge in [-0.25, -0.2) is 9.37 Å². The molecule has 0 aliphatic rings. The van der Waals surface area contributed by atoms with Crippen molar-refractivity contribution in [1.82, 2.24) is 9.55 Å². The fraction of sp³-hybridized carbons (Fsp3) is 0.300. The van der Waals surface area contributed by atoms with Gasteiger partial charge in [0.05, 0.1) is 29.1 Å². The Morgan fingerprint density at radius 1 is 1.25 bits per heavy atom. The van der Waals surface area contributed by atoms with Gasteiger partial charge < -0.3 is 19.4 Å². The fourth-order valence-corrected chi connectivity index (χ4v) is 3.31. The second kappa shape index (κ2) is 9.57. The highest BCUT2D eigenvalue weighted by Gasteiger charge is 2.15. The van der Waals surface area contributed by atoms with E-state index in [9.17, 15) is 9.18 Å². The van der Waals surface area contributed by atoms with Crippen LogP contribution in [-0.4, -0.2) is 42.0 Å². The van der Waals surface area contributed by atoms with Gasteiger partial charge in [0.1, 0.15) is 30.5 Å². The molecule has 0 saturated carbocycles. The Hall–Kier alpha value is -2.58. The molecule has 0 aliphatic heterocycles. The lowest BCUT2D eigenvalue weighted by molar-refractivity contribution is -0.116. The largest absolute Gasteiger partial charge is 0.489 e. The Morgan fingerprint density at radius 3 is 2.86 bits per heavy atom. The molecule has 0 aliphatic carbocycles. The summed E-state index contributed by atoms with van der Waals surface area (Å²) in [5.74, 6) is 1.16. The van der Waals surface area contributed by atoms with Crippen molar-refractivity contribution in [1.29, 1.82) is 0 Å². The molecule has 0 bridgehead atoms. The first-order chi connectivity index (χ1) is 13.6. The van der Waals surface area contributed by atoms with Gasteiger partial charge in [0.25, 0.3) is 0 Å². The van der Waals surface area contributed by atoms with Crippen LogP contribution in [0.25, 0.3) is 11.0 Å². The Balaban J connectivity index is 1.80. The smallest absolute Gasteiger partial charge is 0.244 e. The molecule has 2 aromatic carbocycles. The summed E-state index contributed by atoms with van der Waals surface area (Å²) in [6, 6.07) is 11.7. The molecule has 0 spiro atoms. The molecule has 1 N–H and O–H groups in total. The minimum atomic E-state index is -0.453. The predicted octanol–water partition coefficient (Wildman–Crippen LogP) is 3.70. The SMILES string of the molecule is COCCOc1ccc(F)cc1NC(=O)Cn1c(CSC)nc2ccccc21. The lowest BCUT2D eigenvalue weighted by atomic mass is 10.2. The molecule has 1 amide bonds. The zero-order valence-electron chi connectivity index (χ0n) is 15.8. The van der Waals surface area contributed by atoms with Gasteiger partial charge in [-0.05, 0) is 30.5 Å². The maximum absolute atomic E-state index is 13.7. The number of hydrogen-bond acceptors (Lipinski definition) is 5. The number of fused-ring (bicyclic) bond motifs is 1. The zero-order chi connectivity index (χ0) is 19.9. The van der Waals surface area contributed by atoms with E-state index in [4.69, 9.17) is 9.47 Å². The number of nitrogens with zero attached hydrogens (tertiary/aromatic N) is 2. The molecule has 0 fully saturated rings. The number of methoxy groups -OCH3 is 1. The van der Waals surface area contributed by atoms with Crippen molar-refractivity contribution in [2.75, 3.05) is 31.9 Å². The Bertz CT molecular complexity index is 961. The molecule has 0 saturated heterocycles. The normalized spacial score (nSPS) is 11.0. The average Bonchev–Trinajstić information content (AvgIpc) is 3.01. The van der Waals surface area contributed by atoms with Gasteiger partial charge in [-0.15, -0.1) is 0 Å². The number of benzene rings is 2. The van der Waals surface area contributed by atoms with Gasteiger partial charge in [-0.2, -0.15) is 11.8 Å². The van der Waals surface area contributed by atoms with Crippen molar-refractivity contribution >= 4 is 34.4 Å². The number of amides is 1. The summed E-state index contributed by atoms with van der Waals surface area (Å²) in [6.07, 6.45) is 1.99. The van der Waals surface area contributed by atoms with E-state index in [1.54, 1.807) is 18.9 Å². The summed E-state index contributed by atoms with van der Waals surface area (Å²) >= 11 is 1.63. The van der Waals surface area contributed by atoms with Crippen LogP contribution in [0.3, 0.4) is 0 Å². The Labute approximate surface area is 167 Å². The van der Waals surface area contributed by atoms with E-state index in [1.165, 1.54) is 18.2 Å². The molecule has 1 heterocycles. The molecule has 1 aromatic heterocycles. The number of ether oxygens (including phenoxy) is 2. The van der Waals surface area contributed by atoms with E-state index in [1.807, 2.05) is 35.1 Å². The van der Waals surface area contributed by atoms with Crippen molar-refractivity contribution in [3.05, 3.63) is 54.1 Å². The van der Waals surface area contributed by atoms with Crippen LogP contribution >= 0.6 is 11.8 Å². The number of nitrogens with one attached hydrogen (secondary N) is 1. The molecular weight excluding hydrogens is 381 g/mol. The van der Waals surface area contributed by atoms with Crippen LogP contribution in [0, 0.1) is 5.82 Å². The Kier molecular flexibility index (Phi) is 6.89. The minimum absolute atomic E-state index is 0.0738. The quantitative estimate of drug-likeness (QED) is 0.552. The van der Waals surface area contributed by atoms with Gasteiger partial charge in [-0.1, -0.05) is 12.1 Å². The number of thioether (sulfide) groups is 1. The molecule has 3 rings (SSSR count). The average molecular weight is 403 g/mol. The zero-order valence-corrected chi connectivity index (χ0v) is 16.6. The molecule has 6 nitrogen and oxygen atoms in total.